The van der Waals surface area contributed by atoms with E-state index in [-0.39, 0.29) is 11.3 Å². The van der Waals surface area contributed by atoms with Crippen LogP contribution in [0.15, 0.2) is 63.2 Å². The highest BCUT2D eigenvalue weighted by molar-refractivity contribution is 7.91. The third-order valence-electron chi connectivity index (χ3n) is 4.57. The molecule has 0 aliphatic heterocycles. The number of fused-ring (bicyclic) bond motifs is 1. The van der Waals surface area contributed by atoms with E-state index in [9.17, 15) is 17.6 Å². The van der Waals surface area contributed by atoms with Gasteiger partial charge in [-0.1, -0.05) is 0 Å². The first-order valence-electron chi connectivity index (χ1n) is 9.74. The summed E-state index contributed by atoms with van der Waals surface area (Å²) >= 11 is 1.21. The molecule has 0 aliphatic carbocycles. The standard InChI is InChI=1S/C22H19FN2O5S2/c1-2-29-16-5-8-19-14(11-16)12-20(30-19)18-13-31-22(24-18)25-21(26)9-10-32(27,28)17-6-3-15(23)4-7-17/h3-8,11-13H,2,9-10H2,1H3,(H,24,25,26). The molecule has 7 nitrogen and oxygen atoms in total. The molecular formula is C22H19FN2O5S2. The summed E-state index contributed by atoms with van der Waals surface area (Å²) in [7, 11) is -3.69. The SMILES string of the molecule is CCOc1ccc2oc(-c3csc(NC(=O)CCS(=O)(=O)c4ccc(F)cc4)n3)cc2c1. The van der Waals surface area contributed by atoms with Gasteiger partial charge in [0.25, 0.3) is 0 Å². The smallest absolute Gasteiger partial charge is 0.227 e. The second-order valence-electron chi connectivity index (χ2n) is 6.85. The van der Waals surface area contributed by atoms with Crippen LogP contribution in [-0.4, -0.2) is 31.7 Å². The number of carbonyl (C=O) groups is 1. The van der Waals surface area contributed by atoms with Gasteiger partial charge in [0.2, 0.25) is 5.91 Å². The first-order valence-corrected chi connectivity index (χ1v) is 12.3. The Balaban J connectivity index is 1.40. The fourth-order valence-electron chi connectivity index (χ4n) is 3.02. The molecule has 2 aromatic carbocycles. The largest absolute Gasteiger partial charge is 0.494 e. The van der Waals surface area contributed by atoms with E-state index in [0.717, 1.165) is 23.3 Å². The number of furan rings is 1. The van der Waals surface area contributed by atoms with Gasteiger partial charge in [-0.25, -0.2) is 17.8 Å². The van der Waals surface area contributed by atoms with Gasteiger partial charge in [-0.2, -0.15) is 0 Å². The number of nitrogens with one attached hydrogen (secondary N) is 1. The van der Waals surface area contributed by atoms with Crippen LogP contribution in [0.2, 0.25) is 0 Å². The molecule has 2 heterocycles. The topological polar surface area (TPSA) is 98.5 Å². The fourth-order valence-corrected chi connectivity index (χ4v) is 4.97. The Bertz CT molecular complexity index is 1360. The van der Waals surface area contributed by atoms with E-state index in [1.807, 2.05) is 31.2 Å². The zero-order valence-electron chi connectivity index (χ0n) is 17.0. The molecule has 1 N–H and O–H groups in total. The average molecular weight is 475 g/mol. The van der Waals surface area contributed by atoms with Gasteiger partial charge in [0.05, 0.1) is 17.3 Å². The zero-order valence-corrected chi connectivity index (χ0v) is 18.6. The molecule has 0 spiro atoms. The molecule has 0 saturated carbocycles. The highest BCUT2D eigenvalue weighted by Gasteiger charge is 2.18. The van der Waals surface area contributed by atoms with E-state index in [4.69, 9.17) is 9.15 Å². The van der Waals surface area contributed by atoms with Crippen molar-refractivity contribution in [2.24, 2.45) is 0 Å². The third-order valence-corrected chi connectivity index (χ3v) is 7.06. The molecule has 32 heavy (non-hydrogen) atoms. The number of sulfone groups is 1. The first-order chi connectivity index (χ1) is 15.3. The van der Waals surface area contributed by atoms with Crippen molar-refractivity contribution in [3.8, 4) is 17.2 Å². The molecule has 4 aromatic rings. The summed E-state index contributed by atoms with van der Waals surface area (Å²) in [6, 6.07) is 11.9. The van der Waals surface area contributed by atoms with Crippen LogP contribution in [0, 0.1) is 5.82 Å². The van der Waals surface area contributed by atoms with Gasteiger partial charge in [-0.05, 0) is 55.5 Å². The number of ether oxygens (including phenoxy) is 1. The van der Waals surface area contributed by atoms with Crippen LogP contribution in [0.3, 0.4) is 0 Å². The molecule has 0 fully saturated rings. The van der Waals surface area contributed by atoms with E-state index in [2.05, 4.69) is 10.3 Å². The van der Waals surface area contributed by atoms with Crippen LogP contribution in [0.1, 0.15) is 13.3 Å². The summed E-state index contributed by atoms with van der Waals surface area (Å²) in [5, 5.41) is 5.55. The second-order valence-corrected chi connectivity index (χ2v) is 9.82. The van der Waals surface area contributed by atoms with E-state index >= 15 is 0 Å². The van der Waals surface area contributed by atoms with Crippen molar-refractivity contribution in [1.29, 1.82) is 0 Å². The summed E-state index contributed by atoms with van der Waals surface area (Å²) in [5.74, 6) is -0.115. The maximum atomic E-state index is 13.0. The van der Waals surface area contributed by atoms with Crippen LogP contribution >= 0.6 is 11.3 Å². The van der Waals surface area contributed by atoms with E-state index in [0.29, 0.717) is 28.8 Å². The molecule has 0 radical (unpaired) electrons. The molecule has 0 atom stereocenters. The molecule has 0 bridgehead atoms. The minimum Gasteiger partial charge on any atom is -0.494 e. The molecule has 0 unspecified atom stereocenters. The number of benzene rings is 2. The predicted molar refractivity (Wildman–Crippen MR) is 120 cm³/mol. The van der Waals surface area contributed by atoms with Crippen molar-refractivity contribution in [2.45, 2.75) is 18.2 Å². The quantitative estimate of drug-likeness (QED) is 0.365. The van der Waals surface area contributed by atoms with Crippen molar-refractivity contribution in [3.63, 3.8) is 0 Å². The number of amides is 1. The normalized spacial score (nSPS) is 11.6. The Morgan fingerprint density at radius 3 is 2.72 bits per heavy atom. The second kappa shape index (κ2) is 9.09. The first kappa shape index (κ1) is 22.0. The minimum atomic E-state index is -3.69. The summed E-state index contributed by atoms with van der Waals surface area (Å²) in [4.78, 5) is 16.6. The van der Waals surface area contributed by atoms with Crippen LogP contribution in [-0.2, 0) is 14.6 Å². The predicted octanol–water partition coefficient (Wildman–Crippen LogP) is 4.90. The summed E-state index contributed by atoms with van der Waals surface area (Å²) < 4.78 is 48.9. The van der Waals surface area contributed by atoms with Crippen molar-refractivity contribution in [1.82, 2.24) is 4.98 Å². The van der Waals surface area contributed by atoms with Crippen molar-refractivity contribution in [3.05, 3.63) is 59.7 Å². The highest BCUT2D eigenvalue weighted by Crippen LogP contribution is 2.32. The van der Waals surface area contributed by atoms with Gasteiger partial charge >= 0.3 is 0 Å². The monoisotopic (exact) mass is 474 g/mol. The van der Waals surface area contributed by atoms with Crippen LogP contribution in [0.25, 0.3) is 22.4 Å². The van der Waals surface area contributed by atoms with Gasteiger partial charge in [0.1, 0.15) is 22.8 Å². The molecule has 2 aromatic heterocycles. The summed E-state index contributed by atoms with van der Waals surface area (Å²) in [5.41, 5.74) is 1.24. The van der Waals surface area contributed by atoms with Crippen LogP contribution in [0.4, 0.5) is 9.52 Å². The lowest BCUT2D eigenvalue weighted by Crippen LogP contribution is -2.17. The lowest BCUT2D eigenvalue weighted by atomic mass is 10.2. The number of anilines is 1. The number of nitrogens with zero attached hydrogens (tertiary/aromatic N) is 1. The molecule has 166 valence electrons. The van der Waals surface area contributed by atoms with Crippen molar-refractivity contribution in [2.75, 3.05) is 17.7 Å². The molecule has 0 aliphatic rings. The number of thiazole rings is 1. The number of aromatic nitrogens is 1. The lowest BCUT2D eigenvalue weighted by Gasteiger charge is -2.04. The van der Waals surface area contributed by atoms with Crippen molar-refractivity contribution >= 4 is 43.2 Å². The van der Waals surface area contributed by atoms with Gasteiger partial charge < -0.3 is 14.5 Å². The number of hydrogen-bond donors (Lipinski definition) is 1. The molecule has 4 rings (SSSR count). The Morgan fingerprint density at radius 1 is 1.19 bits per heavy atom. The van der Waals surface area contributed by atoms with E-state index < -0.39 is 27.3 Å². The Morgan fingerprint density at radius 2 is 1.97 bits per heavy atom. The zero-order chi connectivity index (χ0) is 22.7. The molecular weight excluding hydrogens is 455 g/mol. The van der Waals surface area contributed by atoms with E-state index in [1.165, 1.54) is 23.5 Å². The molecule has 1 amide bonds. The maximum absolute atomic E-state index is 13.0. The number of carbonyl (C=O) groups excluding carboxylic acids is 1. The van der Waals surface area contributed by atoms with Gasteiger partial charge in [-0.3, -0.25) is 4.79 Å². The fraction of sp³-hybridized carbons (Fsp3) is 0.182. The number of hydrogen-bond acceptors (Lipinski definition) is 7. The third kappa shape index (κ3) is 4.97. The van der Waals surface area contributed by atoms with Crippen LogP contribution < -0.4 is 10.1 Å². The van der Waals surface area contributed by atoms with Gasteiger partial charge in [0, 0.05) is 17.2 Å². The highest BCUT2D eigenvalue weighted by atomic mass is 32.2. The Labute approximate surface area is 187 Å². The van der Waals surface area contributed by atoms with Gasteiger partial charge in [0.15, 0.2) is 20.7 Å². The number of halogens is 1. The molecule has 0 saturated heterocycles. The summed E-state index contributed by atoms with van der Waals surface area (Å²) in [6.07, 6.45) is -0.251. The molecule has 10 heteroatoms. The summed E-state index contributed by atoms with van der Waals surface area (Å²) in [6.45, 7) is 2.48. The lowest BCUT2D eigenvalue weighted by molar-refractivity contribution is -0.115. The van der Waals surface area contributed by atoms with Crippen LogP contribution in [0.5, 0.6) is 5.75 Å². The number of rotatable bonds is 8. The van der Waals surface area contributed by atoms with Gasteiger partial charge in [-0.15, -0.1) is 11.3 Å². The average Bonchev–Trinajstić information content (AvgIpc) is 3.39. The minimum absolute atomic E-state index is 0.0272. The Hall–Kier alpha value is -3.24. The Kier molecular flexibility index (Phi) is 6.24. The van der Waals surface area contributed by atoms with E-state index in [1.54, 1.807) is 5.38 Å². The maximum Gasteiger partial charge on any atom is 0.227 e. The van der Waals surface area contributed by atoms with Crippen molar-refractivity contribution < 1.29 is 26.8 Å².